The first-order chi connectivity index (χ1) is 14.5. The molecule has 2 amide bonds. The fourth-order valence-corrected chi connectivity index (χ4v) is 2.93. The van der Waals surface area contributed by atoms with Crippen LogP contribution in [0.5, 0.6) is 5.75 Å². The molecule has 3 rings (SSSR count). The van der Waals surface area contributed by atoms with Crippen LogP contribution in [0, 0.1) is 0 Å². The monoisotopic (exact) mass is 403 g/mol. The highest BCUT2D eigenvalue weighted by molar-refractivity contribution is 6.02. The zero-order valence-corrected chi connectivity index (χ0v) is 17.1. The number of hydrogen-bond donors (Lipinski definition) is 2. The molecule has 0 aliphatic heterocycles. The lowest BCUT2D eigenvalue weighted by atomic mass is 10.0. The minimum Gasteiger partial charge on any atom is -0.494 e. The van der Waals surface area contributed by atoms with Gasteiger partial charge in [0.2, 0.25) is 11.8 Å². The first kappa shape index (κ1) is 21.0. The van der Waals surface area contributed by atoms with Gasteiger partial charge >= 0.3 is 0 Å². The van der Waals surface area contributed by atoms with Gasteiger partial charge in [0.15, 0.2) is 0 Å². The van der Waals surface area contributed by atoms with Crippen molar-refractivity contribution < 1.29 is 14.3 Å². The van der Waals surface area contributed by atoms with Crippen LogP contribution in [-0.2, 0) is 9.59 Å². The van der Waals surface area contributed by atoms with Crippen molar-refractivity contribution in [3.05, 3.63) is 72.3 Å². The summed E-state index contributed by atoms with van der Waals surface area (Å²) in [5.74, 6) is 0.205. The van der Waals surface area contributed by atoms with E-state index in [-0.39, 0.29) is 24.7 Å². The van der Waals surface area contributed by atoms with Gasteiger partial charge in [-0.15, -0.1) is 0 Å². The van der Waals surface area contributed by atoms with Crippen LogP contribution in [0.3, 0.4) is 0 Å². The van der Waals surface area contributed by atoms with Gasteiger partial charge in [-0.05, 0) is 60.5 Å². The molecular weight excluding hydrogens is 378 g/mol. The number of carbonyl (C=O) groups excluding carboxylic acids is 2. The number of amides is 2. The van der Waals surface area contributed by atoms with Crippen molar-refractivity contribution >= 4 is 34.0 Å². The normalized spacial score (nSPS) is 11.2. The summed E-state index contributed by atoms with van der Waals surface area (Å²) >= 11 is 0. The molecule has 0 radical (unpaired) electrons. The van der Waals surface area contributed by atoms with Crippen LogP contribution in [0.4, 0.5) is 5.69 Å². The van der Waals surface area contributed by atoms with Crippen molar-refractivity contribution in [1.29, 1.82) is 0 Å². The average molecular weight is 403 g/mol. The molecule has 2 N–H and O–H groups in total. The molecular formula is C24H25N3O3. The summed E-state index contributed by atoms with van der Waals surface area (Å²) in [6, 6.07) is 21.2. The van der Waals surface area contributed by atoms with E-state index in [4.69, 9.17) is 4.74 Å². The number of hydrazone groups is 1. The van der Waals surface area contributed by atoms with Crippen LogP contribution >= 0.6 is 0 Å². The number of fused-ring (bicyclic) bond motifs is 1. The molecule has 0 aromatic heterocycles. The lowest BCUT2D eigenvalue weighted by Gasteiger charge is -2.07. The quantitative estimate of drug-likeness (QED) is 0.429. The highest BCUT2D eigenvalue weighted by atomic mass is 16.5. The minimum absolute atomic E-state index is 0.0529. The van der Waals surface area contributed by atoms with Gasteiger partial charge in [-0.3, -0.25) is 9.59 Å². The Labute approximate surface area is 175 Å². The second kappa shape index (κ2) is 10.2. The van der Waals surface area contributed by atoms with E-state index in [1.165, 1.54) is 0 Å². The third-order valence-corrected chi connectivity index (χ3v) is 4.54. The highest BCUT2D eigenvalue weighted by Gasteiger charge is 2.08. The van der Waals surface area contributed by atoms with Gasteiger partial charge in [-0.25, -0.2) is 5.43 Å². The van der Waals surface area contributed by atoms with Gasteiger partial charge < -0.3 is 10.1 Å². The van der Waals surface area contributed by atoms with E-state index in [1.807, 2.05) is 56.3 Å². The van der Waals surface area contributed by atoms with Crippen LogP contribution in [0.2, 0.25) is 0 Å². The van der Waals surface area contributed by atoms with Crippen LogP contribution in [-0.4, -0.2) is 24.1 Å². The topological polar surface area (TPSA) is 79.8 Å². The van der Waals surface area contributed by atoms with E-state index in [0.29, 0.717) is 18.0 Å². The third kappa shape index (κ3) is 5.91. The molecule has 6 nitrogen and oxygen atoms in total. The average Bonchev–Trinajstić information content (AvgIpc) is 2.77. The fourth-order valence-electron chi connectivity index (χ4n) is 2.93. The molecule has 0 spiro atoms. The maximum atomic E-state index is 12.1. The standard InChI is InChI=1S/C24H25N3O3/c1-3-30-22-12-10-21(11-13-22)25-23(28)14-15-24(29)27-26-17(2)19-9-8-18-6-4-5-7-20(18)16-19/h4-13,16H,3,14-15H2,1-2H3,(H,25,28)(H,27,29)/b26-17-. The van der Waals surface area contributed by atoms with E-state index in [0.717, 1.165) is 22.1 Å². The Morgan fingerprint density at radius 2 is 1.60 bits per heavy atom. The van der Waals surface area contributed by atoms with E-state index in [1.54, 1.807) is 24.3 Å². The van der Waals surface area contributed by atoms with Crippen molar-refractivity contribution in [2.75, 3.05) is 11.9 Å². The SMILES string of the molecule is CCOc1ccc(NC(=O)CCC(=O)N/N=C(/C)c2ccc3ccccc3c2)cc1. The Morgan fingerprint density at radius 1 is 0.900 bits per heavy atom. The molecule has 0 aliphatic rings. The number of carbonyl (C=O) groups is 2. The predicted molar refractivity (Wildman–Crippen MR) is 120 cm³/mol. The van der Waals surface area contributed by atoms with E-state index < -0.39 is 0 Å². The molecule has 30 heavy (non-hydrogen) atoms. The zero-order chi connectivity index (χ0) is 21.3. The summed E-state index contributed by atoms with van der Waals surface area (Å²) in [5, 5.41) is 9.19. The predicted octanol–water partition coefficient (Wildman–Crippen LogP) is 4.50. The smallest absolute Gasteiger partial charge is 0.240 e. The van der Waals surface area contributed by atoms with Crippen molar-refractivity contribution in [2.45, 2.75) is 26.7 Å². The minimum atomic E-state index is -0.308. The number of anilines is 1. The molecule has 0 saturated carbocycles. The summed E-state index contributed by atoms with van der Waals surface area (Å²) < 4.78 is 5.37. The molecule has 0 heterocycles. The van der Waals surface area contributed by atoms with E-state index in [9.17, 15) is 9.59 Å². The number of rotatable bonds is 8. The van der Waals surface area contributed by atoms with Crippen molar-refractivity contribution in [3.8, 4) is 5.75 Å². The number of nitrogens with one attached hydrogen (secondary N) is 2. The summed E-state index contributed by atoms with van der Waals surface area (Å²) in [5.41, 5.74) is 4.82. The molecule has 0 aliphatic carbocycles. The number of benzene rings is 3. The Bertz CT molecular complexity index is 1060. The van der Waals surface area contributed by atoms with Gasteiger partial charge in [-0.1, -0.05) is 36.4 Å². The van der Waals surface area contributed by atoms with Crippen LogP contribution in [0.25, 0.3) is 10.8 Å². The number of nitrogens with zero attached hydrogens (tertiary/aromatic N) is 1. The van der Waals surface area contributed by atoms with E-state index in [2.05, 4.69) is 15.8 Å². The molecule has 0 atom stereocenters. The first-order valence-electron chi connectivity index (χ1n) is 9.90. The third-order valence-electron chi connectivity index (χ3n) is 4.54. The largest absolute Gasteiger partial charge is 0.494 e. The second-order valence-corrected chi connectivity index (χ2v) is 6.80. The lowest BCUT2D eigenvalue weighted by Crippen LogP contribution is -2.21. The van der Waals surface area contributed by atoms with Crippen molar-refractivity contribution in [3.63, 3.8) is 0 Å². The molecule has 6 heteroatoms. The zero-order valence-electron chi connectivity index (χ0n) is 17.1. The number of ether oxygens (including phenoxy) is 1. The van der Waals surface area contributed by atoms with Gasteiger partial charge in [0, 0.05) is 18.5 Å². The maximum Gasteiger partial charge on any atom is 0.240 e. The summed E-state index contributed by atoms with van der Waals surface area (Å²) in [6.45, 7) is 4.33. The molecule has 0 saturated heterocycles. The van der Waals surface area contributed by atoms with E-state index >= 15 is 0 Å². The molecule has 3 aromatic rings. The summed E-state index contributed by atoms with van der Waals surface area (Å²) in [7, 11) is 0. The molecule has 0 bridgehead atoms. The Kier molecular flexibility index (Phi) is 7.16. The molecule has 154 valence electrons. The molecule has 0 fully saturated rings. The Hall–Kier alpha value is -3.67. The molecule has 0 unspecified atom stereocenters. The highest BCUT2D eigenvalue weighted by Crippen LogP contribution is 2.17. The fraction of sp³-hybridized carbons (Fsp3) is 0.208. The van der Waals surface area contributed by atoms with Gasteiger partial charge in [0.25, 0.3) is 0 Å². The van der Waals surface area contributed by atoms with Crippen LogP contribution < -0.4 is 15.5 Å². The van der Waals surface area contributed by atoms with Crippen molar-refractivity contribution in [1.82, 2.24) is 5.43 Å². The maximum absolute atomic E-state index is 12.1. The summed E-state index contributed by atoms with van der Waals surface area (Å²) in [4.78, 5) is 24.1. The Morgan fingerprint density at radius 3 is 2.33 bits per heavy atom. The van der Waals surface area contributed by atoms with Crippen LogP contribution in [0.15, 0.2) is 71.8 Å². The van der Waals surface area contributed by atoms with Crippen LogP contribution in [0.1, 0.15) is 32.3 Å². The molecule has 3 aromatic carbocycles. The summed E-state index contributed by atoms with van der Waals surface area (Å²) in [6.07, 6.45) is 0.126. The first-order valence-corrected chi connectivity index (χ1v) is 9.90. The van der Waals surface area contributed by atoms with Gasteiger partial charge in [-0.2, -0.15) is 5.10 Å². The van der Waals surface area contributed by atoms with Gasteiger partial charge in [0.1, 0.15) is 5.75 Å². The second-order valence-electron chi connectivity index (χ2n) is 6.80. The number of hydrogen-bond acceptors (Lipinski definition) is 4. The van der Waals surface area contributed by atoms with Gasteiger partial charge in [0.05, 0.1) is 12.3 Å². The Balaban J connectivity index is 1.47. The van der Waals surface area contributed by atoms with Crippen molar-refractivity contribution in [2.24, 2.45) is 5.10 Å². The lowest BCUT2D eigenvalue weighted by molar-refractivity contribution is -0.124.